The van der Waals surface area contributed by atoms with Crippen molar-refractivity contribution < 1.29 is 41.6 Å². The number of hydrogen-bond donors (Lipinski definition) is 1. The van der Waals surface area contributed by atoms with Crippen LogP contribution in [0.4, 0.5) is 8.63 Å². The van der Waals surface area contributed by atoms with E-state index < -0.39 is 6.97 Å². The average Bonchev–Trinajstić information content (AvgIpc) is 3.49. The Morgan fingerprint density at radius 2 is 1.56 bits per heavy atom. The van der Waals surface area contributed by atoms with Gasteiger partial charge < -0.3 is 46.6 Å². The highest BCUT2D eigenvalue weighted by Gasteiger charge is 2.52. The lowest BCUT2D eigenvalue weighted by Crippen LogP contribution is -2.50. The molecule has 0 saturated carbocycles. The first-order valence-electron chi connectivity index (χ1n) is 13.8. The Kier molecular flexibility index (Phi) is 13.5. The third-order valence-electron chi connectivity index (χ3n) is 6.47. The van der Waals surface area contributed by atoms with Crippen molar-refractivity contribution in [2.45, 2.75) is 26.7 Å². The summed E-state index contributed by atoms with van der Waals surface area (Å²) in [4.78, 5) is 14.9. The van der Waals surface area contributed by atoms with E-state index in [0.717, 1.165) is 14.5 Å². The molecular weight excluding hydrogens is 541 g/mol. The van der Waals surface area contributed by atoms with E-state index in [1.807, 2.05) is 6.92 Å². The summed E-state index contributed by atoms with van der Waals surface area (Å²) in [7, 11) is 0. The lowest BCUT2D eigenvalue weighted by Gasteiger charge is -2.30. The Balaban J connectivity index is 1.17. The maximum atomic E-state index is 15.4. The third-order valence-corrected chi connectivity index (χ3v) is 6.47. The zero-order chi connectivity index (χ0) is 29.5. The molecule has 0 spiro atoms. The smallest absolute Gasteiger partial charge is 0.394 e. The third kappa shape index (κ3) is 9.77. The van der Waals surface area contributed by atoms with Crippen LogP contribution in [0.1, 0.15) is 29.8 Å². The lowest BCUT2D eigenvalue weighted by molar-refractivity contribution is -0.362. The molecule has 3 heterocycles. The van der Waals surface area contributed by atoms with Crippen molar-refractivity contribution in [3.8, 4) is 0 Å². The van der Waals surface area contributed by atoms with Crippen LogP contribution in [0, 0.1) is 13.8 Å². The monoisotopic (exact) mass is 580 g/mol. The van der Waals surface area contributed by atoms with Gasteiger partial charge in [-0.1, -0.05) is 5.11 Å². The summed E-state index contributed by atoms with van der Waals surface area (Å²) in [5.74, 6) is -0.219. The topological polar surface area (TPSA) is 132 Å². The molecule has 12 nitrogen and oxygen atoms in total. The molecule has 15 heteroatoms. The van der Waals surface area contributed by atoms with Gasteiger partial charge in [0.1, 0.15) is 5.71 Å². The van der Waals surface area contributed by atoms with Gasteiger partial charge in [0.05, 0.1) is 66.1 Å². The first-order valence-corrected chi connectivity index (χ1v) is 13.8. The number of azide groups is 1. The molecule has 0 atom stereocenters. The second kappa shape index (κ2) is 17.0. The molecule has 2 aliphatic rings. The second-order valence-corrected chi connectivity index (χ2v) is 9.44. The molecule has 1 amide bonds. The van der Waals surface area contributed by atoms with Crippen LogP contribution < -0.4 is 5.32 Å². The SMILES string of the molecule is Cc1cc(C)n2c1C=C1C=CC(CCC(=O)NCCOCCOCCOCCOCCOCCN=[N+]=[N-])=[N+]1[B-]2(F)F. The largest absolute Gasteiger partial charge is 0.737 e. The van der Waals surface area contributed by atoms with E-state index in [9.17, 15) is 4.79 Å². The molecule has 0 fully saturated rings. The van der Waals surface area contributed by atoms with Gasteiger partial charge in [0.15, 0.2) is 5.70 Å². The minimum absolute atomic E-state index is 0.104. The molecular formula is C26H39BF2N6O6. The normalized spacial score (nSPS) is 15.0. The highest BCUT2D eigenvalue weighted by molar-refractivity contribution is 6.58. The first-order chi connectivity index (χ1) is 19.9. The predicted molar refractivity (Wildman–Crippen MR) is 150 cm³/mol. The summed E-state index contributed by atoms with van der Waals surface area (Å²) < 4.78 is 59.9. The van der Waals surface area contributed by atoms with Crippen molar-refractivity contribution in [3.63, 3.8) is 0 Å². The molecule has 0 aliphatic carbocycles. The van der Waals surface area contributed by atoms with Crippen LogP contribution in [0.5, 0.6) is 0 Å². The van der Waals surface area contributed by atoms with E-state index in [0.29, 0.717) is 102 Å². The fraction of sp³-hybridized carbons (Fsp3) is 0.615. The van der Waals surface area contributed by atoms with Crippen LogP contribution in [0.2, 0.25) is 0 Å². The number of nitrogens with zero attached hydrogens (tertiary/aromatic N) is 5. The number of carbonyl (C=O) groups is 1. The predicted octanol–water partition coefficient (Wildman–Crippen LogP) is 3.00. The summed E-state index contributed by atoms with van der Waals surface area (Å²) >= 11 is 0. The van der Waals surface area contributed by atoms with Crippen molar-refractivity contribution in [1.82, 2.24) is 9.79 Å². The van der Waals surface area contributed by atoms with Crippen LogP contribution in [0.15, 0.2) is 29.0 Å². The van der Waals surface area contributed by atoms with Gasteiger partial charge in [0.2, 0.25) is 5.91 Å². The Morgan fingerprint density at radius 1 is 0.976 bits per heavy atom. The Morgan fingerprint density at radius 3 is 2.17 bits per heavy atom. The van der Waals surface area contributed by atoms with Crippen LogP contribution in [0.3, 0.4) is 0 Å². The summed E-state index contributed by atoms with van der Waals surface area (Å²) in [6.45, 7) is 4.22. The molecule has 0 radical (unpaired) electrons. The number of aromatic nitrogens is 1. The van der Waals surface area contributed by atoms with E-state index in [1.54, 1.807) is 31.2 Å². The van der Waals surface area contributed by atoms with E-state index in [-0.39, 0.29) is 18.7 Å². The van der Waals surface area contributed by atoms with E-state index in [4.69, 9.17) is 29.2 Å². The minimum Gasteiger partial charge on any atom is -0.394 e. The van der Waals surface area contributed by atoms with Gasteiger partial charge in [-0.25, -0.2) is 0 Å². The number of rotatable bonds is 21. The molecule has 2 aliphatic heterocycles. The highest BCUT2D eigenvalue weighted by atomic mass is 19.2. The van der Waals surface area contributed by atoms with Crippen molar-refractivity contribution in [1.29, 1.82) is 0 Å². The van der Waals surface area contributed by atoms with Crippen molar-refractivity contribution in [2.24, 2.45) is 5.11 Å². The van der Waals surface area contributed by atoms with Crippen LogP contribution in [-0.2, 0) is 28.5 Å². The standard InChI is InChI=1S/C26H39BF2N6O6/c1-21-19-22(2)34-25(21)20-24-4-3-23(35(24)27(34,28)29)5-6-26(36)31-7-9-37-11-13-39-15-17-41-18-16-40-14-12-38-10-8-32-33-30/h3-4,19-20H,5-18H2,1-2H3,(H,31,36). The molecule has 0 saturated heterocycles. The molecule has 0 unspecified atom stereocenters. The van der Waals surface area contributed by atoms with Gasteiger partial charge in [-0.05, 0) is 36.7 Å². The van der Waals surface area contributed by atoms with Gasteiger partial charge in [-0.15, -0.1) is 0 Å². The number of ether oxygens (including phenoxy) is 5. The number of carbonyl (C=O) groups excluding carboxylic acids is 1. The van der Waals surface area contributed by atoms with E-state index >= 15 is 8.63 Å². The Bertz CT molecular complexity index is 1170. The van der Waals surface area contributed by atoms with Crippen molar-refractivity contribution in [2.75, 3.05) is 79.2 Å². The Hall–Kier alpha value is -3.07. The number of hydrogen-bond acceptors (Lipinski definition) is 7. The quantitative estimate of drug-likeness (QED) is 0.0782. The number of aryl methyl sites for hydroxylation is 2. The molecule has 0 aromatic carbocycles. The van der Waals surface area contributed by atoms with Gasteiger partial charge in [0, 0.05) is 54.8 Å². The highest BCUT2D eigenvalue weighted by Crippen LogP contribution is 2.34. The maximum Gasteiger partial charge on any atom is 0.737 e. The molecule has 1 aromatic rings. The summed E-state index contributed by atoms with van der Waals surface area (Å²) in [6, 6.07) is 1.77. The van der Waals surface area contributed by atoms with Gasteiger partial charge in [-0.3, -0.25) is 4.79 Å². The summed E-state index contributed by atoms with van der Waals surface area (Å²) in [5, 5.41) is 6.12. The van der Waals surface area contributed by atoms with E-state index in [2.05, 4.69) is 15.3 Å². The zero-order valence-electron chi connectivity index (χ0n) is 23.7. The molecule has 1 N–H and O–H groups in total. The average molecular weight is 580 g/mol. The van der Waals surface area contributed by atoms with Crippen LogP contribution >= 0.6 is 0 Å². The van der Waals surface area contributed by atoms with Crippen molar-refractivity contribution >= 4 is 24.7 Å². The molecule has 226 valence electrons. The fourth-order valence-corrected chi connectivity index (χ4v) is 4.62. The molecule has 3 rings (SSSR count). The molecule has 41 heavy (non-hydrogen) atoms. The molecule has 0 bridgehead atoms. The zero-order valence-corrected chi connectivity index (χ0v) is 23.7. The van der Waals surface area contributed by atoms with Gasteiger partial charge in [0.25, 0.3) is 0 Å². The number of halogens is 2. The maximum absolute atomic E-state index is 15.4. The number of nitrogens with one attached hydrogen (secondary N) is 1. The van der Waals surface area contributed by atoms with Crippen LogP contribution in [-0.4, -0.2) is 107 Å². The lowest BCUT2D eigenvalue weighted by atomic mass is 9.90. The number of fused-ring (bicyclic) bond motifs is 2. The second-order valence-electron chi connectivity index (χ2n) is 9.44. The Labute approximate surface area is 238 Å². The van der Waals surface area contributed by atoms with Gasteiger partial charge in [-0.2, -0.15) is 0 Å². The molecule has 1 aromatic heterocycles. The van der Waals surface area contributed by atoms with Crippen LogP contribution in [0.25, 0.3) is 16.5 Å². The fourth-order valence-electron chi connectivity index (χ4n) is 4.62. The number of allylic oxidation sites excluding steroid dienone is 2. The van der Waals surface area contributed by atoms with Crippen molar-refractivity contribution in [3.05, 3.63) is 51.3 Å². The summed E-state index contributed by atoms with van der Waals surface area (Å²) in [6.07, 6.45) is 5.44. The number of amides is 1. The summed E-state index contributed by atoms with van der Waals surface area (Å²) in [5.41, 5.74) is 10.9. The van der Waals surface area contributed by atoms with Gasteiger partial charge >= 0.3 is 6.97 Å². The van der Waals surface area contributed by atoms with E-state index in [1.165, 1.54) is 0 Å². The first kappa shape index (κ1) is 32.4. The minimum atomic E-state index is -4.02.